The van der Waals surface area contributed by atoms with E-state index in [1.807, 2.05) is 0 Å². The SMILES string of the molecule is CCCCCCCCCCCC(=O)Oc1cc2c(c3c1NC(C)(C(=O)OC)C3=O)C(CBr)CN2C(=O)c1cc2cc(OC)c(OC)c(OC)c2[nH]1. The van der Waals surface area contributed by atoms with Crippen LogP contribution in [0.3, 0.4) is 0 Å². The summed E-state index contributed by atoms with van der Waals surface area (Å²) in [6.45, 7) is 3.88. The fraction of sp³-hybridized carbons (Fsp3) is 0.526. The van der Waals surface area contributed by atoms with Gasteiger partial charge in [-0.05, 0) is 31.0 Å². The fourth-order valence-corrected chi connectivity index (χ4v) is 7.66. The van der Waals surface area contributed by atoms with Crippen LogP contribution in [0.2, 0.25) is 0 Å². The highest BCUT2D eigenvalue weighted by molar-refractivity contribution is 9.09. The molecule has 12 nitrogen and oxygen atoms in total. The minimum Gasteiger partial charge on any atom is -0.493 e. The molecule has 1 amide bonds. The summed E-state index contributed by atoms with van der Waals surface area (Å²) in [6.07, 6.45) is 10.1. The van der Waals surface area contributed by atoms with Gasteiger partial charge in [0.15, 0.2) is 22.8 Å². The number of nitrogens with zero attached hydrogens (tertiary/aromatic N) is 1. The van der Waals surface area contributed by atoms with Crippen molar-refractivity contribution in [1.29, 1.82) is 0 Å². The van der Waals surface area contributed by atoms with Crippen molar-refractivity contribution in [1.82, 2.24) is 4.98 Å². The number of esters is 2. The summed E-state index contributed by atoms with van der Waals surface area (Å²) in [6, 6.07) is 5.06. The number of unbranched alkanes of at least 4 members (excludes halogenated alkanes) is 8. The minimum absolute atomic E-state index is 0.0754. The van der Waals surface area contributed by atoms with E-state index < -0.39 is 23.3 Å². The number of ether oxygens (including phenoxy) is 5. The second kappa shape index (κ2) is 16.4. The largest absolute Gasteiger partial charge is 0.493 e. The molecular formula is C38H48BrN3O9. The number of aromatic nitrogens is 1. The highest BCUT2D eigenvalue weighted by Gasteiger charge is 2.53. The van der Waals surface area contributed by atoms with Crippen molar-refractivity contribution in [3.63, 3.8) is 0 Å². The molecule has 3 aromatic rings. The second-order valence-corrected chi connectivity index (χ2v) is 13.9. The molecule has 2 aliphatic heterocycles. The van der Waals surface area contributed by atoms with E-state index in [9.17, 15) is 19.2 Å². The predicted molar refractivity (Wildman–Crippen MR) is 198 cm³/mol. The van der Waals surface area contributed by atoms with E-state index in [4.69, 9.17) is 23.7 Å². The van der Waals surface area contributed by atoms with Gasteiger partial charge in [-0.25, -0.2) is 4.79 Å². The average molecular weight is 771 g/mol. The Morgan fingerprint density at radius 3 is 2.18 bits per heavy atom. The third kappa shape index (κ3) is 7.27. The van der Waals surface area contributed by atoms with E-state index in [1.54, 1.807) is 23.1 Å². The Labute approximate surface area is 307 Å². The lowest BCUT2D eigenvalue weighted by molar-refractivity contribution is -0.143. The molecule has 0 fully saturated rings. The molecule has 1 aromatic heterocycles. The fourth-order valence-electron chi connectivity index (χ4n) is 7.13. The third-order valence-corrected chi connectivity index (χ3v) is 10.6. The van der Waals surface area contributed by atoms with E-state index in [2.05, 4.69) is 33.2 Å². The van der Waals surface area contributed by atoms with Crippen LogP contribution in [0, 0.1) is 0 Å². The number of methoxy groups -OCH3 is 4. The molecule has 2 aromatic carbocycles. The first-order valence-electron chi connectivity index (χ1n) is 17.6. The number of halogens is 1. The van der Waals surface area contributed by atoms with Crippen LogP contribution >= 0.6 is 15.9 Å². The Kier molecular flexibility index (Phi) is 12.2. The summed E-state index contributed by atoms with van der Waals surface area (Å²) in [5.41, 5.74) is 0.497. The maximum Gasteiger partial charge on any atom is 0.339 e. The van der Waals surface area contributed by atoms with Crippen LogP contribution in [-0.4, -0.2) is 74.5 Å². The number of amides is 1. The molecule has 3 heterocycles. The van der Waals surface area contributed by atoms with Crippen LogP contribution in [0.4, 0.5) is 11.4 Å². The molecule has 0 saturated carbocycles. The first-order valence-corrected chi connectivity index (χ1v) is 18.7. The lowest BCUT2D eigenvalue weighted by Gasteiger charge is -2.20. The molecule has 51 heavy (non-hydrogen) atoms. The molecule has 0 saturated heterocycles. The Hall–Kier alpha value is -4.26. The molecule has 0 bridgehead atoms. The molecule has 13 heteroatoms. The number of carbonyl (C=O) groups excluding carboxylic acids is 4. The zero-order chi connectivity index (χ0) is 36.9. The van der Waals surface area contributed by atoms with Gasteiger partial charge in [-0.3, -0.25) is 14.4 Å². The molecule has 276 valence electrons. The molecule has 0 spiro atoms. The third-order valence-electron chi connectivity index (χ3n) is 9.85. The number of hydrogen-bond acceptors (Lipinski definition) is 10. The molecule has 0 radical (unpaired) electrons. The monoisotopic (exact) mass is 769 g/mol. The molecule has 2 aliphatic rings. The number of rotatable bonds is 17. The van der Waals surface area contributed by atoms with Crippen LogP contribution in [0.25, 0.3) is 10.9 Å². The van der Waals surface area contributed by atoms with Crippen molar-refractivity contribution < 1.29 is 42.9 Å². The van der Waals surface area contributed by atoms with Gasteiger partial charge >= 0.3 is 11.9 Å². The van der Waals surface area contributed by atoms with E-state index in [0.717, 1.165) is 19.3 Å². The molecule has 5 rings (SSSR count). The number of carbonyl (C=O) groups is 4. The smallest absolute Gasteiger partial charge is 0.339 e. The van der Waals surface area contributed by atoms with Crippen LogP contribution in [0.1, 0.15) is 110 Å². The highest BCUT2D eigenvalue weighted by Crippen LogP contribution is 2.52. The molecule has 2 unspecified atom stereocenters. The number of aromatic amines is 1. The normalized spacial score (nSPS) is 17.6. The Balaban J connectivity index is 1.47. The van der Waals surface area contributed by atoms with Crippen LogP contribution in [-0.2, 0) is 14.3 Å². The van der Waals surface area contributed by atoms with E-state index in [1.165, 1.54) is 67.5 Å². The summed E-state index contributed by atoms with van der Waals surface area (Å²) in [5, 5.41) is 4.11. The standard InChI is InChI=1S/C38H48BrN3O9/c1-7-8-9-10-11-12-13-14-15-16-28(43)51-26-19-25-29(30-32(26)41-38(2,35(30)44)37(46)50-6)23(20-39)21-42(25)36(45)24-17-22-18-27(47-3)33(48-4)34(49-5)31(22)40-24/h17-19,23,40-41H,7-16,20-21H2,1-6H3. The maximum atomic E-state index is 14.3. The molecule has 0 aliphatic carbocycles. The summed E-state index contributed by atoms with van der Waals surface area (Å²) >= 11 is 3.58. The van der Waals surface area contributed by atoms with Crippen molar-refractivity contribution in [3.05, 3.63) is 35.0 Å². The summed E-state index contributed by atoms with van der Waals surface area (Å²) in [5.74, 6) is -1.17. The lowest BCUT2D eigenvalue weighted by atomic mass is 9.89. The Morgan fingerprint density at radius 2 is 1.57 bits per heavy atom. The number of ketones is 1. The number of hydrogen-bond donors (Lipinski definition) is 2. The van der Waals surface area contributed by atoms with Crippen LogP contribution in [0.15, 0.2) is 18.2 Å². The summed E-state index contributed by atoms with van der Waals surface area (Å²) in [4.78, 5) is 59.4. The minimum atomic E-state index is -1.75. The zero-order valence-electron chi connectivity index (χ0n) is 30.3. The summed E-state index contributed by atoms with van der Waals surface area (Å²) < 4.78 is 27.6. The van der Waals surface area contributed by atoms with Gasteiger partial charge in [0.25, 0.3) is 5.91 Å². The number of nitrogens with one attached hydrogen (secondary N) is 2. The first-order chi connectivity index (χ1) is 24.6. The van der Waals surface area contributed by atoms with Gasteiger partial charge < -0.3 is 38.9 Å². The van der Waals surface area contributed by atoms with Crippen LogP contribution in [0.5, 0.6) is 23.0 Å². The van der Waals surface area contributed by atoms with Gasteiger partial charge in [-0.2, -0.15) is 0 Å². The Morgan fingerprint density at radius 1 is 0.902 bits per heavy atom. The van der Waals surface area contributed by atoms with Crippen molar-refractivity contribution >= 4 is 61.8 Å². The number of benzene rings is 2. The number of alkyl halides is 1. The van der Waals surface area contributed by atoms with Crippen molar-refractivity contribution in [2.75, 3.05) is 50.5 Å². The van der Waals surface area contributed by atoms with Crippen molar-refractivity contribution in [2.45, 2.75) is 89.5 Å². The van der Waals surface area contributed by atoms with Gasteiger partial charge in [0.1, 0.15) is 5.69 Å². The van der Waals surface area contributed by atoms with Gasteiger partial charge in [-0.1, -0.05) is 74.2 Å². The Bertz CT molecular complexity index is 1800. The molecule has 2 atom stereocenters. The van der Waals surface area contributed by atoms with Crippen molar-refractivity contribution in [3.8, 4) is 23.0 Å². The maximum absolute atomic E-state index is 14.3. The number of anilines is 2. The molecule has 2 N–H and O–H groups in total. The number of Topliss-reactive ketones (excluding diaryl/α,β-unsaturated/α-hetero) is 1. The highest BCUT2D eigenvalue weighted by atomic mass is 79.9. The number of fused-ring (bicyclic) bond motifs is 4. The first kappa shape index (κ1) is 38.0. The van der Waals surface area contributed by atoms with Crippen molar-refractivity contribution in [2.24, 2.45) is 0 Å². The van der Waals surface area contributed by atoms with Gasteiger partial charge in [0.2, 0.25) is 11.5 Å². The second-order valence-electron chi connectivity index (χ2n) is 13.2. The summed E-state index contributed by atoms with van der Waals surface area (Å²) in [7, 11) is 5.74. The number of H-pyrrole nitrogens is 1. The van der Waals surface area contributed by atoms with Gasteiger partial charge in [0.05, 0.1) is 50.9 Å². The van der Waals surface area contributed by atoms with E-state index in [0.29, 0.717) is 51.2 Å². The zero-order valence-corrected chi connectivity index (χ0v) is 31.9. The topological polar surface area (TPSA) is 145 Å². The van der Waals surface area contributed by atoms with Gasteiger partial charge in [-0.15, -0.1) is 0 Å². The molecular weight excluding hydrogens is 722 g/mol. The average Bonchev–Trinajstić information content (AvgIpc) is 3.81. The van der Waals surface area contributed by atoms with Gasteiger partial charge in [0, 0.05) is 35.7 Å². The predicted octanol–water partition coefficient (Wildman–Crippen LogP) is 7.70. The van der Waals surface area contributed by atoms with E-state index in [-0.39, 0.29) is 47.5 Å². The lowest BCUT2D eigenvalue weighted by Crippen LogP contribution is -2.47. The van der Waals surface area contributed by atoms with E-state index >= 15 is 0 Å². The van der Waals surface area contributed by atoms with Crippen LogP contribution < -0.4 is 29.2 Å². The quantitative estimate of drug-likeness (QED) is 0.0461.